The van der Waals surface area contributed by atoms with Gasteiger partial charge < -0.3 is 15.0 Å². The summed E-state index contributed by atoms with van der Waals surface area (Å²) < 4.78 is 5.33. The van der Waals surface area contributed by atoms with Crippen LogP contribution in [0, 0.1) is 0 Å². The van der Waals surface area contributed by atoms with Crippen molar-refractivity contribution >= 4 is 6.09 Å². The molecule has 4 nitrogen and oxygen atoms in total. The molecule has 1 heterocycles. The third-order valence-corrected chi connectivity index (χ3v) is 2.36. The Kier molecular flexibility index (Phi) is 3.97. The Labute approximate surface area is 92.0 Å². The number of hydrogen-bond acceptors (Lipinski definition) is 3. The maximum Gasteiger partial charge on any atom is 0.410 e. The molecule has 4 heteroatoms. The fourth-order valence-electron chi connectivity index (χ4n) is 1.52. The molecule has 0 bridgehead atoms. The normalized spacial score (nSPS) is 23.5. The number of hydrogen-bond donors (Lipinski definition) is 1. The number of rotatable bonds is 0. The van der Waals surface area contributed by atoms with Crippen LogP contribution in [0.2, 0.25) is 0 Å². The van der Waals surface area contributed by atoms with Gasteiger partial charge in [0.1, 0.15) is 5.60 Å². The molecule has 1 aliphatic heterocycles. The molecule has 1 saturated heterocycles. The molecule has 15 heavy (non-hydrogen) atoms. The summed E-state index contributed by atoms with van der Waals surface area (Å²) in [6.07, 6.45) is 0.789. The highest BCUT2D eigenvalue weighted by molar-refractivity contribution is 5.68. The van der Waals surface area contributed by atoms with Crippen molar-refractivity contribution in [2.24, 2.45) is 0 Å². The van der Waals surface area contributed by atoms with Crippen molar-refractivity contribution in [1.29, 1.82) is 0 Å². The van der Waals surface area contributed by atoms with Gasteiger partial charge in [-0.2, -0.15) is 0 Å². The average molecular weight is 214 g/mol. The van der Waals surface area contributed by atoms with Gasteiger partial charge in [-0.3, -0.25) is 0 Å². The van der Waals surface area contributed by atoms with Gasteiger partial charge >= 0.3 is 6.09 Å². The van der Waals surface area contributed by atoms with Crippen molar-refractivity contribution in [3.8, 4) is 0 Å². The maximum atomic E-state index is 11.7. The van der Waals surface area contributed by atoms with E-state index in [4.69, 9.17) is 4.74 Å². The number of ether oxygens (including phenoxy) is 1. The van der Waals surface area contributed by atoms with Crippen LogP contribution in [0.5, 0.6) is 0 Å². The molecule has 0 aromatic heterocycles. The summed E-state index contributed by atoms with van der Waals surface area (Å²) in [7, 11) is 0. The van der Waals surface area contributed by atoms with Gasteiger partial charge in [0, 0.05) is 25.7 Å². The molecule has 0 aromatic carbocycles. The second kappa shape index (κ2) is 4.84. The first-order chi connectivity index (χ1) is 6.88. The van der Waals surface area contributed by atoms with E-state index < -0.39 is 5.60 Å². The van der Waals surface area contributed by atoms with E-state index >= 15 is 0 Å². The molecule has 1 rings (SSSR count). The van der Waals surface area contributed by atoms with E-state index in [9.17, 15) is 4.79 Å². The first-order valence-corrected chi connectivity index (χ1v) is 5.60. The smallest absolute Gasteiger partial charge is 0.410 e. The average Bonchev–Trinajstić information content (AvgIpc) is 2.26. The molecule has 1 fully saturated rings. The molecule has 88 valence electrons. The van der Waals surface area contributed by atoms with Crippen LogP contribution in [0.1, 0.15) is 34.1 Å². The predicted octanol–water partition coefficient (Wildman–Crippen LogP) is 1.61. The zero-order valence-corrected chi connectivity index (χ0v) is 10.2. The summed E-state index contributed by atoms with van der Waals surface area (Å²) in [5.41, 5.74) is -0.400. The Bertz CT molecular complexity index is 223. The van der Waals surface area contributed by atoms with E-state index in [2.05, 4.69) is 12.2 Å². The minimum atomic E-state index is -0.400. The Morgan fingerprint density at radius 1 is 1.40 bits per heavy atom. The molecule has 0 saturated carbocycles. The molecule has 0 radical (unpaired) electrons. The van der Waals surface area contributed by atoms with Crippen molar-refractivity contribution in [3.63, 3.8) is 0 Å². The monoisotopic (exact) mass is 214 g/mol. The van der Waals surface area contributed by atoms with Gasteiger partial charge in [-0.1, -0.05) is 0 Å². The maximum absolute atomic E-state index is 11.7. The van der Waals surface area contributed by atoms with Gasteiger partial charge in [-0.05, 0) is 34.1 Å². The van der Waals surface area contributed by atoms with E-state index in [0.29, 0.717) is 6.04 Å². The first-order valence-electron chi connectivity index (χ1n) is 5.60. The standard InChI is InChI=1S/C11H22N2O2/c1-9-5-7-13(8-6-12-9)10(14)15-11(2,3)4/h9,12H,5-8H2,1-4H3/t9-/m1/s1. The van der Waals surface area contributed by atoms with Crippen LogP contribution in [0.4, 0.5) is 4.79 Å². The number of carbonyl (C=O) groups is 1. The van der Waals surface area contributed by atoms with Crippen LogP contribution in [-0.2, 0) is 4.74 Å². The van der Waals surface area contributed by atoms with E-state index in [1.54, 1.807) is 4.90 Å². The van der Waals surface area contributed by atoms with Gasteiger partial charge in [0.05, 0.1) is 0 Å². The van der Waals surface area contributed by atoms with Crippen LogP contribution in [-0.4, -0.2) is 42.3 Å². The molecule has 0 aliphatic carbocycles. The van der Waals surface area contributed by atoms with Crippen molar-refractivity contribution < 1.29 is 9.53 Å². The van der Waals surface area contributed by atoms with E-state index in [1.807, 2.05) is 20.8 Å². The molecule has 1 N–H and O–H groups in total. The summed E-state index contributed by atoms with van der Waals surface area (Å²) in [5.74, 6) is 0. The van der Waals surface area contributed by atoms with Crippen LogP contribution < -0.4 is 5.32 Å². The molecular formula is C11H22N2O2. The van der Waals surface area contributed by atoms with Crippen LogP contribution in [0.15, 0.2) is 0 Å². The quantitative estimate of drug-likeness (QED) is 0.666. The molecule has 1 atom stereocenters. The van der Waals surface area contributed by atoms with Gasteiger partial charge in [0.15, 0.2) is 0 Å². The number of nitrogens with zero attached hydrogens (tertiary/aromatic N) is 1. The predicted molar refractivity (Wildman–Crippen MR) is 59.9 cm³/mol. The van der Waals surface area contributed by atoms with Crippen molar-refractivity contribution in [3.05, 3.63) is 0 Å². The van der Waals surface area contributed by atoms with Crippen LogP contribution in [0.3, 0.4) is 0 Å². The molecule has 0 aromatic rings. The third kappa shape index (κ3) is 4.51. The summed E-state index contributed by atoms with van der Waals surface area (Å²) >= 11 is 0. The van der Waals surface area contributed by atoms with Gasteiger partial charge in [0.2, 0.25) is 0 Å². The minimum absolute atomic E-state index is 0.196. The van der Waals surface area contributed by atoms with Crippen molar-refractivity contribution in [2.75, 3.05) is 19.6 Å². The van der Waals surface area contributed by atoms with E-state index in [1.165, 1.54) is 0 Å². The molecule has 1 aliphatic rings. The number of carbonyl (C=O) groups excluding carboxylic acids is 1. The lowest BCUT2D eigenvalue weighted by molar-refractivity contribution is 0.0262. The zero-order chi connectivity index (χ0) is 11.5. The van der Waals surface area contributed by atoms with E-state index in [-0.39, 0.29) is 6.09 Å². The fraction of sp³-hybridized carbons (Fsp3) is 0.909. The largest absolute Gasteiger partial charge is 0.444 e. The molecule has 0 spiro atoms. The Hall–Kier alpha value is -0.770. The fourth-order valence-corrected chi connectivity index (χ4v) is 1.52. The van der Waals surface area contributed by atoms with Gasteiger partial charge in [-0.25, -0.2) is 4.79 Å². The highest BCUT2D eigenvalue weighted by Gasteiger charge is 2.23. The van der Waals surface area contributed by atoms with Crippen molar-refractivity contribution in [1.82, 2.24) is 10.2 Å². The summed E-state index contributed by atoms with van der Waals surface area (Å²) in [5, 5.41) is 3.34. The summed E-state index contributed by atoms with van der Waals surface area (Å²) in [6, 6.07) is 0.484. The summed E-state index contributed by atoms with van der Waals surface area (Å²) in [6.45, 7) is 10.2. The van der Waals surface area contributed by atoms with Crippen molar-refractivity contribution in [2.45, 2.75) is 45.8 Å². The summed E-state index contributed by atoms with van der Waals surface area (Å²) in [4.78, 5) is 13.5. The molecule has 0 unspecified atom stereocenters. The van der Waals surface area contributed by atoms with E-state index in [0.717, 1.165) is 26.1 Å². The Morgan fingerprint density at radius 3 is 2.67 bits per heavy atom. The highest BCUT2D eigenvalue weighted by Crippen LogP contribution is 2.11. The topological polar surface area (TPSA) is 41.6 Å². The second-order valence-electron chi connectivity index (χ2n) is 5.11. The minimum Gasteiger partial charge on any atom is -0.444 e. The van der Waals surface area contributed by atoms with Crippen LogP contribution in [0.25, 0.3) is 0 Å². The number of amides is 1. The van der Waals surface area contributed by atoms with Gasteiger partial charge in [0.25, 0.3) is 0 Å². The Morgan fingerprint density at radius 2 is 2.07 bits per heavy atom. The number of nitrogens with one attached hydrogen (secondary N) is 1. The highest BCUT2D eigenvalue weighted by atomic mass is 16.6. The second-order valence-corrected chi connectivity index (χ2v) is 5.11. The third-order valence-electron chi connectivity index (χ3n) is 2.36. The lowest BCUT2D eigenvalue weighted by Crippen LogP contribution is -2.38. The SMILES string of the molecule is C[C@@H]1CCN(C(=O)OC(C)(C)C)CCN1. The zero-order valence-electron chi connectivity index (χ0n) is 10.2. The lowest BCUT2D eigenvalue weighted by atomic mass is 10.2. The Balaban J connectivity index is 2.45. The lowest BCUT2D eigenvalue weighted by Gasteiger charge is -2.26. The molecular weight excluding hydrogens is 192 g/mol. The molecule has 1 amide bonds. The van der Waals surface area contributed by atoms with Gasteiger partial charge in [-0.15, -0.1) is 0 Å². The van der Waals surface area contributed by atoms with Crippen LogP contribution >= 0.6 is 0 Å². The first kappa shape index (κ1) is 12.3.